The minimum atomic E-state index is -0.458. The quantitative estimate of drug-likeness (QED) is 0.707. The van der Waals surface area contributed by atoms with E-state index in [4.69, 9.17) is 14.8 Å². The summed E-state index contributed by atoms with van der Waals surface area (Å²) >= 11 is 0. The zero-order chi connectivity index (χ0) is 18.1. The summed E-state index contributed by atoms with van der Waals surface area (Å²) in [5.74, 6) is 1.72. The molecule has 0 spiro atoms. The highest BCUT2D eigenvalue weighted by molar-refractivity contribution is 5.85. The van der Waals surface area contributed by atoms with Crippen LogP contribution in [0.4, 0.5) is 4.39 Å². The van der Waals surface area contributed by atoms with Gasteiger partial charge in [-0.2, -0.15) is 9.97 Å². The van der Waals surface area contributed by atoms with Crippen LogP contribution in [-0.4, -0.2) is 20.3 Å². The first-order valence-corrected chi connectivity index (χ1v) is 8.74. The second-order valence-corrected chi connectivity index (χ2v) is 6.85. The van der Waals surface area contributed by atoms with Gasteiger partial charge in [0.15, 0.2) is 5.82 Å². The monoisotopic (exact) mass is 393 g/mol. The summed E-state index contributed by atoms with van der Waals surface area (Å²) in [6.07, 6.45) is 4.92. The van der Waals surface area contributed by atoms with Gasteiger partial charge in [-0.05, 0) is 43.5 Å². The molecule has 1 fully saturated rings. The molecule has 1 aromatic carbocycles. The SMILES string of the molecule is Cc1cc(-c2noc(CCc3nc(C4(N)CCCC4)no3)n2)ccc1F.Cl. The van der Waals surface area contributed by atoms with Gasteiger partial charge in [0.05, 0.1) is 5.54 Å². The average Bonchev–Trinajstić information content (AvgIpc) is 3.36. The van der Waals surface area contributed by atoms with Crippen molar-refractivity contribution in [2.75, 3.05) is 0 Å². The Hall–Kier alpha value is -2.32. The number of halogens is 2. The summed E-state index contributed by atoms with van der Waals surface area (Å²) in [6, 6.07) is 4.71. The molecular formula is C18H21ClFN5O2. The van der Waals surface area contributed by atoms with Crippen LogP contribution < -0.4 is 5.73 Å². The Morgan fingerprint density at radius 3 is 2.44 bits per heavy atom. The molecule has 2 N–H and O–H groups in total. The topological polar surface area (TPSA) is 104 Å². The Bertz CT molecular complexity index is 920. The number of aromatic nitrogens is 4. The first kappa shape index (κ1) is 19.4. The maximum absolute atomic E-state index is 13.4. The number of rotatable bonds is 5. The van der Waals surface area contributed by atoms with E-state index in [0.717, 1.165) is 25.7 Å². The number of aryl methyl sites for hydroxylation is 3. The highest BCUT2D eigenvalue weighted by Crippen LogP contribution is 2.34. The van der Waals surface area contributed by atoms with Crippen molar-refractivity contribution in [1.82, 2.24) is 20.3 Å². The normalized spacial score (nSPS) is 15.7. The van der Waals surface area contributed by atoms with Gasteiger partial charge in [-0.25, -0.2) is 4.39 Å². The van der Waals surface area contributed by atoms with Crippen molar-refractivity contribution in [1.29, 1.82) is 0 Å². The van der Waals surface area contributed by atoms with E-state index in [2.05, 4.69) is 20.3 Å². The molecule has 27 heavy (non-hydrogen) atoms. The maximum Gasteiger partial charge on any atom is 0.227 e. The molecule has 144 valence electrons. The van der Waals surface area contributed by atoms with Crippen molar-refractivity contribution in [3.05, 3.63) is 47.2 Å². The van der Waals surface area contributed by atoms with Crippen molar-refractivity contribution < 1.29 is 13.4 Å². The van der Waals surface area contributed by atoms with E-state index in [9.17, 15) is 4.39 Å². The van der Waals surface area contributed by atoms with Crippen molar-refractivity contribution in [2.24, 2.45) is 5.73 Å². The lowest BCUT2D eigenvalue weighted by Gasteiger charge is -2.17. The molecule has 0 unspecified atom stereocenters. The molecule has 1 aliphatic rings. The third kappa shape index (κ3) is 4.01. The van der Waals surface area contributed by atoms with Crippen LogP contribution in [0.5, 0.6) is 0 Å². The molecule has 3 aromatic rings. The zero-order valence-electron chi connectivity index (χ0n) is 14.9. The molecule has 0 bridgehead atoms. The van der Waals surface area contributed by atoms with Crippen LogP contribution in [0.25, 0.3) is 11.4 Å². The molecule has 1 saturated carbocycles. The maximum atomic E-state index is 13.4. The summed E-state index contributed by atoms with van der Waals surface area (Å²) < 4.78 is 24.0. The van der Waals surface area contributed by atoms with E-state index in [1.54, 1.807) is 19.1 Å². The van der Waals surface area contributed by atoms with Gasteiger partial charge in [-0.1, -0.05) is 23.2 Å². The van der Waals surface area contributed by atoms with Gasteiger partial charge in [0, 0.05) is 18.4 Å². The second-order valence-electron chi connectivity index (χ2n) is 6.85. The van der Waals surface area contributed by atoms with E-state index < -0.39 is 5.54 Å². The fraction of sp³-hybridized carbons (Fsp3) is 0.444. The van der Waals surface area contributed by atoms with Crippen LogP contribution >= 0.6 is 12.4 Å². The molecule has 1 aliphatic carbocycles. The molecule has 7 nitrogen and oxygen atoms in total. The Kier molecular flexibility index (Phi) is 5.57. The van der Waals surface area contributed by atoms with Gasteiger partial charge in [-0.15, -0.1) is 12.4 Å². The Balaban J connectivity index is 0.00000210. The Morgan fingerprint density at radius 1 is 1.07 bits per heavy atom. The van der Waals surface area contributed by atoms with Crippen molar-refractivity contribution >= 4 is 12.4 Å². The van der Waals surface area contributed by atoms with Crippen LogP contribution in [0.15, 0.2) is 27.2 Å². The minimum Gasteiger partial charge on any atom is -0.339 e. The van der Waals surface area contributed by atoms with Gasteiger partial charge in [0.1, 0.15) is 5.82 Å². The standard InChI is InChI=1S/C18H20FN5O2.ClH/c1-11-10-12(4-5-13(11)19)16-21-14(25-23-16)6-7-15-22-17(24-26-15)18(20)8-2-3-9-18;/h4-5,10H,2-3,6-9,20H2,1H3;1H. The highest BCUT2D eigenvalue weighted by Gasteiger charge is 2.35. The summed E-state index contributed by atoms with van der Waals surface area (Å²) in [7, 11) is 0. The molecule has 2 heterocycles. The smallest absolute Gasteiger partial charge is 0.227 e. The third-order valence-corrected chi connectivity index (χ3v) is 4.85. The first-order valence-electron chi connectivity index (χ1n) is 8.74. The lowest BCUT2D eigenvalue weighted by molar-refractivity contribution is 0.339. The third-order valence-electron chi connectivity index (χ3n) is 4.85. The summed E-state index contributed by atoms with van der Waals surface area (Å²) in [5, 5.41) is 7.99. The zero-order valence-corrected chi connectivity index (χ0v) is 15.8. The van der Waals surface area contributed by atoms with Crippen LogP contribution in [0, 0.1) is 12.7 Å². The van der Waals surface area contributed by atoms with Gasteiger partial charge < -0.3 is 14.8 Å². The average molecular weight is 394 g/mol. The lowest BCUT2D eigenvalue weighted by Crippen LogP contribution is -2.34. The fourth-order valence-corrected chi connectivity index (χ4v) is 3.26. The fourth-order valence-electron chi connectivity index (χ4n) is 3.26. The second kappa shape index (κ2) is 7.74. The van der Waals surface area contributed by atoms with Crippen molar-refractivity contribution in [3.63, 3.8) is 0 Å². The molecule has 2 aromatic heterocycles. The minimum absolute atomic E-state index is 0. The molecule has 0 radical (unpaired) electrons. The largest absolute Gasteiger partial charge is 0.339 e. The van der Waals surface area contributed by atoms with Gasteiger partial charge in [-0.3, -0.25) is 0 Å². The van der Waals surface area contributed by atoms with Crippen LogP contribution in [0.2, 0.25) is 0 Å². The number of hydrogen-bond acceptors (Lipinski definition) is 7. The molecule has 0 atom stereocenters. The number of hydrogen-bond donors (Lipinski definition) is 1. The molecule has 9 heteroatoms. The number of benzene rings is 1. The first-order chi connectivity index (χ1) is 12.5. The van der Waals surface area contributed by atoms with E-state index in [1.807, 2.05) is 0 Å². The molecular weight excluding hydrogens is 373 g/mol. The van der Waals surface area contributed by atoms with E-state index in [0.29, 0.717) is 47.4 Å². The molecule has 4 rings (SSSR count). The van der Waals surface area contributed by atoms with Gasteiger partial charge in [0.25, 0.3) is 0 Å². The summed E-state index contributed by atoms with van der Waals surface area (Å²) in [5.41, 5.74) is 7.13. The predicted molar refractivity (Wildman–Crippen MR) is 97.7 cm³/mol. The Labute approximate surface area is 161 Å². The molecule has 0 amide bonds. The summed E-state index contributed by atoms with van der Waals surface area (Å²) in [6.45, 7) is 1.70. The van der Waals surface area contributed by atoms with Crippen molar-refractivity contribution in [3.8, 4) is 11.4 Å². The van der Waals surface area contributed by atoms with Crippen LogP contribution in [0.1, 0.15) is 48.9 Å². The highest BCUT2D eigenvalue weighted by atomic mass is 35.5. The summed E-state index contributed by atoms with van der Waals surface area (Å²) in [4.78, 5) is 8.78. The Morgan fingerprint density at radius 2 is 1.74 bits per heavy atom. The van der Waals surface area contributed by atoms with Crippen molar-refractivity contribution in [2.45, 2.75) is 51.0 Å². The van der Waals surface area contributed by atoms with E-state index in [-0.39, 0.29) is 18.2 Å². The van der Waals surface area contributed by atoms with E-state index in [1.165, 1.54) is 6.07 Å². The number of nitrogens with zero attached hydrogens (tertiary/aromatic N) is 4. The van der Waals surface area contributed by atoms with Crippen LogP contribution in [0.3, 0.4) is 0 Å². The predicted octanol–water partition coefficient (Wildman–Crippen LogP) is 3.50. The number of nitrogens with two attached hydrogens (primary N) is 1. The van der Waals surface area contributed by atoms with E-state index >= 15 is 0 Å². The molecule has 0 aliphatic heterocycles. The van der Waals surface area contributed by atoms with Crippen LogP contribution in [-0.2, 0) is 18.4 Å². The van der Waals surface area contributed by atoms with Gasteiger partial charge in [0.2, 0.25) is 17.6 Å². The van der Waals surface area contributed by atoms with Gasteiger partial charge >= 0.3 is 0 Å². The lowest BCUT2D eigenvalue weighted by atomic mass is 9.99. The molecule has 0 saturated heterocycles.